The van der Waals surface area contributed by atoms with Crippen LogP contribution in [0.1, 0.15) is 26.6 Å². The van der Waals surface area contributed by atoms with E-state index in [-0.39, 0.29) is 17.4 Å². The van der Waals surface area contributed by atoms with Crippen molar-refractivity contribution in [1.29, 1.82) is 0 Å². The summed E-state index contributed by atoms with van der Waals surface area (Å²) >= 11 is 0. The van der Waals surface area contributed by atoms with Gasteiger partial charge in [-0.2, -0.15) is 0 Å². The fourth-order valence-corrected chi connectivity index (χ4v) is 0.980. The second-order valence-electron chi connectivity index (χ2n) is 4.52. The third-order valence-corrected chi connectivity index (χ3v) is 2.31. The summed E-state index contributed by atoms with van der Waals surface area (Å²) in [6.45, 7) is 6.20. The molecule has 0 amide bonds. The fraction of sp³-hybridized carbons (Fsp3) is 0.750. The molecule has 14 heavy (non-hydrogen) atoms. The van der Waals surface area contributed by atoms with Gasteiger partial charge >= 0.3 is 0 Å². The van der Waals surface area contributed by atoms with Crippen molar-refractivity contribution in [2.75, 3.05) is 11.6 Å². The van der Waals surface area contributed by atoms with Crippen molar-refractivity contribution in [2.45, 2.75) is 33.2 Å². The molecular formula is C8H18N6. The van der Waals surface area contributed by atoms with Crippen LogP contribution in [-0.4, -0.2) is 20.9 Å². The number of nitrogens with two attached hydrogens (primary N) is 3. The topological polar surface area (TPSA) is 109 Å². The van der Waals surface area contributed by atoms with Crippen molar-refractivity contribution in [1.82, 2.24) is 14.9 Å². The van der Waals surface area contributed by atoms with Crippen LogP contribution in [0.3, 0.4) is 0 Å². The summed E-state index contributed by atoms with van der Waals surface area (Å²) in [5.74, 6) is 6.43. The highest BCUT2D eigenvalue weighted by atomic mass is 15.4. The lowest BCUT2D eigenvalue weighted by atomic mass is 9.85. The third kappa shape index (κ3) is 2.14. The molecule has 0 bridgehead atoms. The van der Waals surface area contributed by atoms with Crippen LogP contribution >= 0.6 is 0 Å². The van der Waals surface area contributed by atoms with Gasteiger partial charge in [0.25, 0.3) is 0 Å². The molecule has 0 spiro atoms. The first kappa shape index (κ1) is 10.8. The maximum Gasteiger partial charge on any atom is 0.240 e. The minimum absolute atomic E-state index is 0.0146. The van der Waals surface area contributed by atoms with Crippen LogP contribution in [0.25, 0.3) is 0 Å². The molecule has 0 saturated carbocycles. The summed E-state index contributed by atoms with van der Waals surface area (Å²) in [4.78, 5) is 0. The SMILES string of the molecule is CC(C)(C)C(N)Cc1nnc(N)n1N. The minimum Gasteiger partial charge on any atom is -0.366 e. The minimum atomic E-state index is -0.0200. The van der Waals surface area contributed by atoms with Crippen molar-refractivity contribution in [2.24, 2.45) is 11.1 Å². The first-order valence-electron chi connectivity index (χ1n) is 4.53. The molecule has 80 valence electrons. The Labute approximate surface area is 83.4 Å². The fourth-order valence-electron chi connectivity index (χ4n) is 0.980. The van der Waals surface area contributed by atoms with E-state index in [0.717, 1.165) is 0 Å². The number of rotatable bonds is 2. The Bertz CT molecular complexity index is 310. The zero-order valence-electron chi connectivity index (χ0n) is 8.86. The van der Waals surface area contributed by atoms with Gasteiger partial charge in [0.1, 0.15) is 0 Å². The first-order valence-corrected chi connectivity index (χ1v) is 4.53. The zero-order chi connectivity index (χ0) is 10.9. The highest BCUT2D eigenvalue weighted by Crippen LogP contribution is 2.19. The summed E-state index contributed by atoms with van der Waals surface area (Å²) in [7, 11) is 0. The molecule has 1 atom stereocenters. The van der Waals surface area contributed by atoms with Crippen LogP contribution in [0.2, 0.25) is 0 Å². The average molecular weight is 198 g/mol. The predicted octanol–water partition coefficient (Wildman–Crippen LogP) is -0.510. The van der Waals surface area contributed by atoms with Gasteiger partial charge in [-0.3, -0.25) is 0 Å². The monoisotopic (exact) mass is 198 g/mol. The van der Waals surface area contributed by atoms with E-state index in [4.69, 9.17) is 17.3 Å². The molecule has 0 saturated heterocycles. The highest BCUT2D eigenvalue weighted by molar-refractivity contribution is 5.17. The molecule has 1 heterocycles. The van der Waals surface area contributed by atoms with Gasteiger partial charge in [-0.15, -0.1) is 10.2 Å². The number of nitrogens with zero attached hydrogens (tertiary/aromatic N) is 3. The number of nitrogen functional groups attached to an aromatic ring is 2. The summed E-state index contributed by atoms with van der Waals surface area (Å²) in [6, 6.07) is -0.0200. The van der Waals surface area contributed by atoms with Gasteiger partial charge < -0.3 is 17.3 Å². The molecule has 6 N–H and O–H groups in total. The van der Waals surface area contributed by atoms with Gasteiger partial charge in [0, 0.05) is 12.5 Å². The molecule has 0 aliphatic carbocycles. The van der Waals surface area contributed by atoms with Crippen LogP contribution in [0.15, 0.2) is 0 Å². The summed E-state index contributed by atoms with van der Waals surface area (Å²) in [5.41, 5.74) is 11.4. The molecule has 0 aliphatic heterocycles. The van der Waals surface area contributed by atoms with E-state index in [9.17, 15) is 0 Å². The summed E-state index contributed by atoms with van der Waals surface area (Å²) in [6.07, 6.45) is 0.574. The van der Waals surface area contributed by atoms with E-state index < -0.39 is 0 Å². The van der Waals surface area contributed by atoms with Crippen LogP contribution in [-0.2, 0) is 6.42 Å². The van der Waals surface area contributed by atoms with E-state index in [0.29, 0.717) is 12.2 Å². The molecule has 1 rings (SSSR count). The van der Waals surface area contributed by atoms with Gasteiger partial charge in [-0.25, -0.2) is 4.68 Å². The number of anilines is 1. The van der Waals surface area contributed by atoms with Crippen molar-refractivity contribution >= 4 is 5.95 Å². The van der Waals surface area contributed by atoms with Gasteiger partial charge in [0.05, 0.1) is 0 Å². The van der Waals surface area contributed by atoms with E-state index in [2.05, 4.69) is 31.0 Å². The zero-order valence-corrected chi connectivity index (χ0v) is 8.86. The lowest BCUT2D eigenvalue weighted by Gasteiger charge is -2.26. The molecule has 0 aliphatic rings. The average Bonchev–Trinajstić information content (AvgIpc) is 2.34. The molecule has 0 fully saturated rings. The molecule has 1 aromatic rings. The first-order chi connectivity index (χ1) is 6.32. The molecule has 6 nitrogen and oxygen atoms in total. The second kappa shape index (κ2) is 3.45. The lowest BCUT2D eigenvalue weighted by molar-refractivity contribution is 0.313. The van der Waals surface area contributed by atoms with Crippen LogP contribution < -0.4 is 17.3 Å². The standard InChI is InChI=1S/C8H18N6/c1-8(2,3)5(9)4-6-12-13-7(10)14(6)11/h5H,4,9,11H2,1-3H3,(H2,10,13). The number of aromatic nitrogens is 3. The smallest absolute Gasteiger partial charge is 0.240 e. The van der Waals surface area contributed by atoms with Gasteiger partial charge in [0.15, 0.2) is 5.82 Å². The third-order valence-electron chi connectivity index (χ3n) is 2.31. The molecular weight excluding hydrogens is 180 g/mol. The van der Waals surface area contributed by atoms with Crippen molar-refractivity contribution < 1.29 is 0 Å². The molecule has 0 aromatic carbocycles. The van der Waals surface area contributed by atoms with Gasteiger partial charge in [-0.1, -0.05) is 20.8 Å². The predicted molar refractivity (Wildman–Crippen MR) is 55.7 cm³/mol. The van der Waals surface area contributed by atoms with Crippen LogP contribution in [0.4, 0.5) is 5.95 Å². The maximum atomic E-state index is 5.98. The Morgan fingerprint density at radius 2 is 1.93 bits per heavy atom. The van der Waals surface area contributed by atoms with Crippen molar-refractivity contribution in [3.63, 3.8) is 0 Å². The summed E-state index contributed by atoms with van der Waals surface area (Å²) in [5, 5.41) is 7.51. The molecule has 6 heteroatoms. The van der Waals surface area contributed by atoms with E-state index >= 15 is 0 Å². The number of hydrogen-bond donors (Lipinski definition) is 3. The van der Waals surface area contributed by atoms with E-state index in [1.807, 2.05) is 0 Å². The quantitative estimate of drug-likeness (QED) is 0.554. The van der Waals surface area contributed by atoms with E-state index in [1.54, 1.807) is 0 Å². The van der Waals surface area contributed by atoms with Crippen LogP contribution in [0.5, 0.6) is 0 Å². The largest absolute Gasteiger partial charge is 0.366 e. The number of hydrogen-bond acceptors (Lipinski definition) is 5. The summed E-state index contributed by atoms with van der Waals surface area (Å²) < 4.78 is 1.27. The Morgan fingerprint density at radius 1 is 1.36 bits per heavy atom. The Balaban J connectivity index is 2.75. The normalized spacial score (nSPS) is 14.3. The van der Waals surface area contributed by atoms with Crippen molar-refractivity contribution in [3.05, 3.63) is 5.82 Å². The van der Waals surface area contributed by atoms with Crippen molar-refractivity contribution in [3.8, 4) is 0 Å². The Morgan fingerprint density at radius 3 is 2.29 bits per heavy atom. The maximum absolute atomic E-state index is 5.98. The Hall–Kier alpha value is -1.30. The van der Waals surface area contributed by atoms with E-state index in [1.165, 1.54) is 4.68 Å². The molecule has 1 unspecified atom stereocenters. The highest BCUT2D eigenvalue weighted by Gasteiger charge is 2.23. The second-order valence-corrected chi connectivity index (χ2v) is 4.52. The lowest BCUT2D eigenvalue weighted by Crippen LogP contribution is -2.38. The molecule has 0 radical (unpaired) electrons. The Kier molecular flexibility index (Phi) is 2.66. The van der Waals surface area contributed by atoms with Gasteiger partial charge in [-0.05, 0) is 5.41 Å². The molecule has 1 aromatic heterocycles. The van der Waals surface area contributed by atoms with Gasteiger partial charge in [0.2, 0.25) is 5.95 Å². The van der Waals surface area contributed by atoms with Crippen LogP contribution in [0, 0.1) is 5.41 Å².